The number of unbranched alkanes of at least 4 members (excludes halogenated alkanes) is 4. The zero-order valence-electron chi connectivity index (χ0n) is 10.8. The van der Waals surface area contributed by atoms with Crippen molar-refractivity contribution < 1.29 is 4.79 Å². The Morgan fingerprint density at radius 2 is 1.73 bits per heavy atom. The highest BCUT2D eigenvalue weighted by Crippen LogP contribution is 2.12. The second-order valence-corrected chi connectivity index (χ2v) is 4.75. The van der Waals surface area contributed by atoms with Crippen molar-refractivity contribution in [3.63, 3.8) is 0 Å². The van der Waals surface area contributed by atoms with E-state index in [4.69, 9.17) is 0 Å². The maximum Gasteiger partial charge on any atom is 0.217 e. The molecule has 0 aromatic rings. The van der Waals surface area contributed by atoms with Gasteiger partial charge in [-0.2, -0.15) is 0 Å². The lowest BCUT2D eigenvalue weighted by Crippen LogP contribution is -2.37. The van der Waals surface area contributed by atoms with E-state index in [0.29, 0.717) is 12.0 Å². The first-order valence-electron chi connectivity index (χ1n) is 6.35. The quantitative estimate of drug-likeness (QED) is 0.614. The van der Waals surface area contributed by atoms with E-state index >= 15 is 0 Å². The number of carbonyl (C=O) groups excluding carboxylic acids is 1. The second kappa shape index (κ2) is 8.75. The molecule has 0 aromatic carbocycles. The van der Waals surface area contributed by atoms with Crippen LogP contribution >= 0.6 is 0 Å². The van der Waals surface area contributed by atoms with E-state index in [2.05, 4.69) is 26.1 Å². The van der Waals surface area contributed by atoms with Gasteiger partial charge in [0.25, 0.3) is 0 Å². The van der Waals surface area contributed by atoms with Crippen molar-refractivity contribution in [2.75, 3.05) is 0 Å². The summed E-state index contributed by atoms with van der Waals surface area (Å²) in [5, 5.41) is 3.03. The van der Waals surface area contributed by atoms with E-state index in [-0.39, 0.29) is 5.91 Å². The highest BCUT2D eigenvalue weighted by atomic mass is 16.1. The van der Waals surface area contributed by atoms with Gasteiger partial charge in [-0.3, -0.25) is 4.79 Å². The van der Waals surface area contributed by atoms with Gasteiger partial charge < -0.3 is 5.32 Å². The third-order valence-corrected chi connectivity index (χ3v) is 2.81. The third-order valence-electron chi connectivity index (χ3n) is 2.81. The van der Waals surface area contributed by atoms with Crippen LogP contribution in [0.3, 0.4) is 0 Å². The largest absolute Gasteiger partial charge is 0.353 e. The fourth-order valence-electron chi connectivity index (χ4n) is 1.80. The third kappa shape index (κ3) is 8.46. The molecule has 0 rings (SSSR count). The maximum atomic E-state index is 11.0. The van der Waals surface area contributed by atoms with E-state index in [1.54, 1.807) is 6.92 Å². The van der Waals surface area contributed by atoms with E-state index in [1.807, 2.05) is 0 Å². The molecule has 0 radical (unpaired) electrons. The number of carbonyl (C=O) groups is 1. The molecule has 0 unspecified atom stereocenters. The lowest BCUT2D eigenvalue weighted by atomic mass is 9.97. The molecule has 0 aromatic heterocycles. The number of hydrogen-bond acceptors (Lipinski definition) is 1. The summed E-state index contributed by atoms with van der Waals surface area (Å²) in [5.41, 5.74) is 0. The van der Waals surface area contributed by atoms with Crippen molar-refractivity contribution in [2.45, 2.75) is 72.3 Å². The van der Waals surface area contributed by atoms with Crippen LogP contribution in [-0.4, -0.2) is 11.9 Å². The van der Waals surface area contributed by atoms with Gasteiger partial charge in [-0.05, 0) is 12.3 Å². The topological polar surface area (TPSA) is 29.1 Å². The minimum absolute atomic E-state index is 0.0993. The molecular formula is C13H27NO. The van der Waals surface area contributed by atoms with E-state index in [1.165, 1.54) is 32.1 Å². The van der Waals surface area contributed by atoms with Gasteiger partial charge in [0.1, 0.15) is 0 Å². The smallest absolute Gasteiger partial charge is 0.217 e. The number of nitrogens with one attached hydrogen (secondary N) is 1. The molecule has 0 aliphatic heterocycles. The molecule has 0 spiro atoms. The molecule has 15 heavy (non-hydrogen) atoms. The molecule has 1 N–H and O–H groups in total. The summed E-state index contributed by atoms with van der Waals surface area (Å²) in [6, 6.07) is 0.365. The molecule has 90 valence electrons. The molecule has 0 aliphatic rings. The maximum absolute atomic E-state index is 11.0. The first kappa shape index (κ1) is 14.5. The number of amides is 1. The fraction of sp³-hybridized carbons (Fsp3) is 0.923. The highest BCUT2D eigenvalue weighted by molar-refractivity contribution is 5.73. The Balaban J connectivity index is 3.62. The van der Waals surface area contributed by atoms with Crippen molar-refractivity contribution in [3.05, 3.63) is 0 Å². The fourth-order valence-corrected chi connectivity index (χ4v) is 1.80. The van der Waals surface area contributed by atoms with Gasteiger partial charge in [0, 0.05) is 13.0 Å². The molecule has 0 aliphatic carbocycles. The van der Waals surface area contributed by atoms with E-state index in [0.717, 1.165) is 6.42 Å². The van der Waals surface area contributed by atoms with Crippen LogP contribution in [0, 0.1) is 5.92 Å². The molecule has 0 saturated carbocycles. The lowest BCUT2D eigenvalue weighted by molar-refractivity contribution is -0.120. The van der Waals surface area contributed by atoms with Crippen LogP contribution in [0.5, 0.6) is 0 Å². The zero-order chi connectivity index (χ0) is 11.7. The van der Waals surface area contributed by atoms with Crippen LogP contribution in [-0.2, 0) is 4.79 Å². The molecule has 0 fully saturated rings. The minimum Gasteiger partial charge on any atom is -0.353 e. The molecule has 0 bridgehead atoms. The Morgan fingerprint density at radius 1 is 1.13 bits per heavy atom. The van der Waals surface area contributed by atoms with Crippen LogP contribution in [0.25, 0.3) is 0 Å². The molecule has 1 amide bonds. The van der Waals surface area contributed by atoms with Crippen LogP contribution in [0.15, 0.2) is 0 Å². The predicted molar refractivity (Wildman–Crippen MR) is 65.8 cm³/mol. The highest BCUT2D eigenvalue weighted by Gasteiger charge is 2.13. The van der Waals surface area contributed by atoms with E-state index < -0.39 is 0 Å². The average Bonchev–Trinajstić information content (AvgIpc) is 2.15. The Labute approximate surface area is 94.8 Å². The number of rotatable bonds is 8. The minimum atomic E-state index is 0.0993. The average molecular weight is 213 g/mol. The summed E-state index contributed by atoms with van der Waals surface area (Å²) in [5.74, 6) is 0.641. The summed E-state index contributed by atoms with van der Waals surface area (Å²) in [6.07, 6.45) is 7.63. The van der Waals surface area contributed by atoms with Crippen molar-refractivity contribution in [2.24, 2.45) is 5.92 Å². The van der Waals surface area contributed by atoms with Crippen LogP contribution in [0.1, 0.15) is 66.2 Å². The van der Waals surface area contributed by atoms with Crippen LogP contribution in [0.4, 0.5) is 0 Å². The van der Waals surface area contributed by atoms with Gasteiger partial charge in [0.2, 0.25) is 5.91 Å². The Bertz CT molecular complexity index is 166. The zero-order valence-corrected chi connectivity index (χ0v) is 10.8. The van der Waals surface area contributed by atoms with Gasteiger partial charge in [-0.25, -0.2) is 0 Å². The van der Waals surface area contributed by atoms with Crippen LogP contribution < -0.4 is 5.32 Å². The Morgan fingerprint density at radius 3 is 2.20 bits per heavy atom. The summed E-state index contributed by atoms with van der Waals surface area (Å²) in [7, 11) is 0. The van der Waals surface area contributed by atoms with Gasteiger partial charge in [-0.15, -0.1) is 0 Å². The molecule has 0 heterocycles. The molecule has 1 atom stereocenters. The SMILES string of the molecule is CCCCCCC[C@@H](NC(C)=O)C(C)C. The second-order valence-electron chi connectivity index (χ2n) is 4.75. The van der Waals surface area contributed by atoms with E-state index in [9.17, 15) is 4.79 Å². The van der Waals surface area contributed by atoms with Gasteiger partial charge >= 0.3 is 0 Å². The summed E-state index contributed by atoms with van der Waals surface area (Å²) in [6.45, 7) is 8.18. The molecule has 2 nitrogen and oxygen atoms in total. The molecule has 2 heteroatoms. The summed E-state index contributed by atoms with van der Waals surface area (Å²) in [4.78, 5) is 11.0. The summed E-state index contributed by atoms with van der Waals surface area (Å²) >= 11 is 0. The predicted octanol–water partition coefficient (Wildman–Crippen LogP) is 3.51. The molecule has 0 saturated heterocycles. The van der Waals surface area contributed by atoms with Gasteiger partial charge in [0.05, 0.1) is 0 Å². The van der Waals surface area contributed by atoms with Crippen molar-refractivity contribution in [1.82, 2.24) is 5.32 Å². The molecular weight excluding hydrogens is 186 g/mol. The normalized spacial score (nSPS) is 12.9. The first-order valence-corrected chi connectivity index (χ1v) is 6.35. The lowest BCUT2D eigenvalue weighted by Gasteiger charge is -2.21. The Kier molecular flexibility index (Phi) is 8.44. The van der Waals surface area contributed by atoms with Gasteiger partial charge in [-0.1, -0.05) is 52.9 Å². The number of hydrogen-bond donors (Lipinski definition) is 1. The van der Waals surface area contributed by atoms with Crippen molar-refractivity contribution >= 4 is 5.91 Å². The van der Waals surface area contributed by atoms with Crippen LogP contribution in [0.2, 0.25) is 0 Å². The van der Waals surface area contributed by atoms with Crippen molar-refractivity contribution in [3.8, 4) is 0 Å². The monoisotopic (exact) mass is 213 g/mol. The first-order chi connectivity index (χ1) is 7.07. The summed E-state index contributed by atoms with van der Waals surface area (Å²) < 4.78 is 0. The van der Waals surface area contributed by atoms with Crippen molar-refractivity contribution in [1.29, 1.82) is 0 Å². The standard InChI is InChI=1S/C13H27NO/c1-5-6-7-8-9-10-13(11(2)3)14-12(4)15/h11,13H,5-10H2,1-4H3,(H,14,15)/t13-/m1/s1. The van der Waals surface area contributed by atoms with Gasteiger partial charge in [0.15, 0.2) is 0 Å². The Hall–Kier alpha value is -0.530.